The molecular formula is C12H16N4S. The highest BCUT2D eigenvalue weighted by molar-refractivity contribution is 7.18. The van der Waals surface area contributed by atoms with Crippen molar-refractivity contribution in [3.63, 3.8) is 0 Å². The maximum absolute atomic E-state index is 5.73. The topological polar surface area (TPSA) is 63.8 Å². The first-order valence-electron chi connectivity index (χ1n) is 6.00. The predicted octanol–water partition coefficient (Wildman–Crippen LogP) is 2.79. The number of aryl methyl sites for hydroxylation is 1. The van der Waals surface area contributed by atoms with Crippen LogP contribution >= 0.6 is 11.3 Å². The molecule has 0 saturated heterocycles. The first-order valence-corrected chi connectivity index (χ1v) is 6.81. The van der Waals surface area contributed by atoms with Crippen LogP contribution in [0, 0.1) is 12.8 Å². The highest BCUT2D eigenvalue weighted by Gasteiger charge is 2.18. The molecule has 3 N–H and O–H groups in total. The van der Waals surface area contributed by atoms with Crippen LogP contribution in [0.25, 0.3) is 10.2 Å². The van der Waals surface area contributed by atoms with Crippen molar-refractivity contribution in [2.75, 3.05) is 17.6 Å². The largest absolute Gasteiger partial charge is 0.369 e. The highest BCUT2D eigenvalue weighted by atomic mass is 32.1. The molecule has 5 heteroatoms. The number of aromatic nitrogens is 2. The summed E-state index contributed by atoms with van der Waals surface area (Å²) in [5, 5.41) is 4.52. The Balaban J connectivity index is 1.90. The Morgan fingerprint density at radius 1 is 1.47 bits per heavy atom. The van der Waals surface area contributed by atoms with Crippen molar-refractivity contribution in [3.8, 4) is 0 Å². The second-order valence-electron chi connectivity index (χ2n) is 4.68. The summed E-state index contributed by atoms with van der Waals surface area (Å²) >= 11 is 1.66. The van der Waals surface area contributed by atoms with Gasteiger partial charge in [-0.1, -0.05) is 6.42 Å². The minimum Gasteiger partial charge on any atom is -0.369 e. The number of hydrogen-bond acceptors (Lipinski definition) is 5. The van der Waals surface area contributed by atoms with Crippen molar-refractivity contribution in [2.45, 2.75) is 26.2 Å². The number of nitrogens with two attached hydrogens (primary N) is 1. The minimum atomic E-state index is 0.357. The summed E-state index contributed by atoms with van der Waals surface area (Å²) in [6, 6.07) is 2.13. The van der Waals surface area contributed by atoms with Crippen molar-refractivity contribution in [3.05, 3.63) is 10.9 Å². The lowest BCUT2D eigenvalue weighted by molar-refractivity contribution is 0.333. The van der Waals surface area contributed by atoms with E-state index in [0.29, 0.717) is 5.95 Å². The van der Waals surface area contributed by atoms with Gasteiger partial charge in [0.1, 0.15) is 10.6 Å². The molecule has 0 aliphatic heterocycles. The monoisotopic (exact) mass is 248 g/mol. The summed E-state index contributed by atoms with van der Waals surface area (Å²) in [4.78, 5) is 10.8. The maximum Gasteiger partial charge on any atom is 0.223 e. The van der Waals surface area contributed by atoms with Crippen LogP contribution in [0.15, 0.2) is 6.07 Å². The number of nitrogens with zero attached hydrogens (tertiary/aromatic N) is 2. The van der Waals surface area contributed by atoms with Gasteiger partial charge in [0.2, 0.25) is 5.95 Å². The van der Waals surface area contributed by atoms with Crippen LogP contribution in [0.3, 0.4) is 0 Å². The molecule has 90 valence electrons. The normalized spacial score (nSPS) is 16.1. The molecule has 0 aromatic carbocycles. The van der Waals surface area contributed by atoms with E-state index >= 15 is 0 Å². The summed E-state index contributed by atoms with van der Waals surface area (Å²) in [6.45, 7) is 3.08. The van der Waals surface area contributed by atoms with Crippen LogP contribution in [0.5, 0.6) is 0 Å². The summed E-state index contributed by atoms with van der Waals surface area (Å²) in [7, 11) is 0. The number of nitrogens with one attached hydrogen (secondary N) is 1. The Labute approximate surface area is 104 Å². The third-order valence-electron chi connectivity index (χ3n) is 3.32. The van der Waals surface area contributed by atoms with E-state index in [1.807, 2.05) is 0 Å². The smallest absolute Gasteiger partial charge is 0.223 e. The minimum absolute atomic E-state index is 0.357. The van der Waals surface area contributed by atoms with Gasteiger partial charge in [0.05, 0.1) is 5.39 Å². The number of anilines is 2. The fraction of sp³-hybridized carbons (Fsp3) is 0.500. The van der Waals surface area contributed by atoms with E-state index in [-0.39, 0.29) is 0 Å². The number of thiophene rings is 1. The maximum atomic E-state index is 5.73. The van der Waals surface area contributed by atoms with Crippen molar-refractivity contribution in [1.82, 2.24) is 9.97 Å². The second-order valence-corrected chi connectivity index (χ2v) is 5.92. The zero-order valence-electron chi connectivity index (χ0n) is 9.86. The van der Waals surface area contributed by atoms with E-state index in [2.05, 4.69) is 28.3 Å². The van der Waals surface area contributed by atoms with Gasteiger partial charge < -0.3 is 11.1 Å². The number of rotatable bonds is 3. The Hall–Kier alpha value is -1.36. The van der Waals surface area contributed by atoms with Crippen molar-refractivity contribution >= 4 is 33.3 Å². The molecule has 0 radical (unpaired) electrons. The highest BCUT2D eigenvalue weighted by Crippen LogP contribution is 2.31. The molecule has 0 spiro atoms. The molecule has 3 rings (SSSR count). The van der Waals surface area contributed by atoms with E-state index in [4.69, 9.17) is 5.73 Å². The van der Waals surface area contributed by atoms with Crippen molar-refractivity contribution < 1.29 is 0 Å². The molecule has 1 aliphatic rings. The molecule has 4 nitrogen and oxygen atoms in total. The van der Waals surface area contributed by atoms with Gasteiger partial charge in [-0.2, -0.15) is 4.98 Å². The average molecular weight is 248 g/mol. The number of hydrogen-bond donors (Lipinski definition) is 2. The van der Waals surface area contributed by atoms with E-state index in [1.165, 1.54) is 24.1 Å². The number of nitrogen functional groups attached to an aromatic ring is 1. The van der Waals surface area contributed by atoms with Crippen LogP contribution < -0.4 is 11.1 Å². The summed E-state index contributed by atoms with van der Waals surface area (Å²) in [5.74, 6) is 2.06. The lowest BCUT2D eigenvalue weighted by atomic mass is 9.85. The third-order valence-corrected chi connectivity index (χ3v) is 4.26. The standard InChI is InChI=1S/C12H16N4S/c1-7-5-9-10(14-6-8-3-2-4-8)15-12(13)16-11(9)17-7/h5,8H,2-4,6H2,1H3,(H3,13,14,15,16). The molecule has 17 heavy (non-hydrogen) atoms. The Bertz CT molecular complexity index is 545. The van der Waals surface area contributed by atoms with Gasteiger partial charge in [-0.25, -0.2) is 4.98 Å². The molecule has 1 saturated carbocycles. The molecular weight excluding hydrogens is 232 g/mol. The second kappa shape index (κ2) is 4.14. The molecule has 0 atom stereocenters. The van der Waals surface area contributed by atoms with E-state index in [1.54, 1.807) is 11.3 Å². The van der Waals surface area contributed by atoms with Gasteiger partial charge in [-0.3, -0.25) is 0 Å². The Kier molecular flexibility index (Phi) is 2.63. The molecule has 2 heterocycles. The van der Waals surface area contributed by atoms with Crippen LogP contribution in [0.4, 0.5) is 11.8 Å². The molecule has 2 aromatic rings. The van der Waals surface area contributed by atoms with E-state index in [9.17, 15) is 0 Å². The third kappa shape index (κ3) is 2.07. The van der Waals surface area contributed by atoms with Gasteiger partial charge in [0.25, 0.3) is 0 Å². The fourth-order valence-electron chi connectivity index (χ4n) is 2.13. The molecule has 0 amide bonds. The SMILES string of the molecule is Cc1cc2c(NCC3CCC3)nc(N)nc2s1. The molecule has 2 aromatic heterocycles. The average Bonchev–Trinajstić information content (AvgIpc) is 2.55. The first-order chi connectivity index (χ1) is 8.22. The lowest BCUT2D eigenvalue weighted by Crippen LogP contribution is -2.21. The van der Waals surface area contributed by atoms with Crippen molar-refractivity contribution in [2.24, 2.45) is 5.92 Å². The van der Waals surface area contributed by atoms with Gasteiger partial charge in [0.15, 0.2) is 0 Å². The Morgan fingerprint density at radius 2 is 2.29 bits per heavy atom. The molecule has 1 fully saturated rings. The Morgan fingerprint density at radius 3 is 3.00 bits per heavy atom. The fourth-order valence-corrected chi connectivity index (χ4v) is 3.02. The van der Waals surface area contributed by atoms with E-state index < -0.39 is 0 Å². The van der Waals surface area contributed by atoms with Crippen LogP contribution in [0.1, 0.15) is 24.1 Å². The van der Waals surface area contributed by atoms with Crippen LogP contribution in [-0.4, -0.2) is 16.5 Å². The molecule has 0 bridgehead atoms. The quantitative estimate of drug-likeness (QED) is 0.876. The summed E-state index contributed by atoms with van der Waals surface area (Å²) in [6.07, 6.45) is 4.03. The zero-order chi connectivity index (χ0) is 11.8. The van der Waals surface area contributed by atoms with Crippen LogP contribution in [0.2, 0.25) is 0 Å². The van der Waals surface area contributed by atoms with Gasteiger partial charge >= 0.3 is 0 Å². The van der Waals surface area contributed by atoms with Gasteiger partial charge in [-0.05, 0) is 31.7 Å². The summed E-state index contributed by atoms with van der Waals surface area (Å²) in [5.41, 5.74) is 5.73. The van der Waals surface area contributed by atoms with Crippen molar-refractivity contribution in [1.29, 1.82) is 0 Å². The number of fused-ring (bicyclic) bond motifs is 1. The summed E-state index contributed by atoms with van der Waals surface area (Å²) < 4.78 is 0. The molecule has 1 aliphatic carbocycles. The zero-order valence-corrected chi connectivity index (χ0v) is 10.7. The van der Waals surface area contributed by atoms with Crippen LogP contribution in [-0.2, 0) is 0 Å². The first kappa shape index (κ1) is 10.8. The van der Waals surface area contributed by atoms with E-state index in [0.717, 1.165) is 28.5 Å². The van der Waals surface area contributed by atoms with Gasteiger partial charge in [0, 0.05) is 11.4 Å². The van der Waals surface area contributed by atoms with Gasteiger partial charge in [-0.15, -0.1) is 11.3 Å². The lowest BCUT2D eigenvalue weighted by Gasteiger charge is -2.25. The molecule has 0 unspecified atom stereocenters. The predicted molar refractivity (Wildman–Crippen MR) is 72.4 cm³/mol.